The molecule has 44 valence electrons. The van der Waals surface area contributed by atoms with Crippen LogP contribution in [0, 0.1) is 5.41 Å². The molecular weight excluding hydrogens is 98.1 g/mol. The Morgan fingerprint density at radius 3 is 2.50 bits per heavy atom. The van der Waals surface area contributed by atoms with E-state index in [1.807, 2.05) is 6.21 Å². The van der Waals surface area contributed by atoms with Crippen molar-refractivity contribution in [3.63, 3.8) is 0 Å². The highest BCUT2D eigenvalue weighted by Crippen LogP contribution is 2.15. The monoisotopic (exact) mass is 109 g/mol. The van der Waals surface area contributed by atoms with Gasteiger partial charge >= 0.3 is 0 Å². The van der Waals surface area contributed by atoms with Crippen molar-refractivity contribution >= 4 is 6.21 Å². The van der Waals surface area contributed by atoms with E-state index >= 15 is 0 Å². The highest BCUT2D eigenvalue weighted by Gasteiger charge is 2.10. The van der Waals surface area contributed by atoms with Gasteiger partial charge in [0.25, 0.3) is 0 Å². The van der Waals surface area contributed by atoms with Gasteiger partial charge in [0.05, 0.1) is 6.54 Å². The summed E-state index contributed by atoms with van der Waals surface area (Å²) in [5.74, 6) is 0. The summed E-state index contributed by atoms with van der Waals surface area (Å²) in [5, 5.41) is 0. The second kappa shape index (κ2) is 1.73. The Hall–Kier alpha value is -0.590. The van der Waals surface area contributed by atoms with Crippen molar-refractivity contribution in [3.05, 3.63) is 12.2 Å². The molecule has 0 aliphatic carbocycles. The topological polar surface area (TPSA) is 12.4 Å². The van der Waals surface area contributed by atoms with Gasteiger partial charge in [-0.15, -0.1) is 0 Å². The molecule has 0 spiro atoms. The Labute approximate surface area is 50.1 Å². The van der Waals surface area contributed by atoms with Gasteiger partial charge in [0, 0.05) is 11.6 Å². The van der Waals surface area contributed by atoms with Gasteiger partial charge in [0.15, 0.2) is 0 Å². The lowest BCUT2D eigenvalue weighted by atomic mass is 9.93. The highest BCUT2D eigenvalue weighted by atomic mass is 14.7. The molecule has 0 bridgehead atoms. The Kier molecular flexibility index (Phi) is 1.20. The van der Waals surface area contributed by atoms with Gasteiger partial charge in [0.2, 0.25) is 0 Å². The Morgan fingerprint density at radius 2 is 2.25 bits per heavy atom. The van der Waals surface area contributed by atoms with E-state index in [4.69, 9.17) is 0 Å². The van der Waals surface area contributed by atoms with E-state index in [0.717, 1.165) is 6.54 Å². The SMILES string of the molecule is CC1(C)C=CCN=C1. The zero-order chi connectivity index (χ0) is 6.04. The lowest BCUT2D eigenvalue weighted by Gasteiger charge is -2.15. The number of aliphatic imine (C=N–C) groups is 1. The maximum absolute atomic E-state index is 4.12. The van der Waals surface area contributed by atoms with E-state index in [1.165, 1.54) is 0 Å². The van der Waals surface area contributed by atoms with Crippen LogP contribution in [0.1, 0.15) is 13.8 Å². The van der Waals surface area contributed by atoms with Crippen molar-refractivity contribution in [2.24, 2.45) is 10.4 Å². The third kappa shape index (κ3) is 1.19. The second-order valence-corrected chi connectivity index (χ2v) is 2.72. The largest absolute Gasteiger partial charge is 0.293 e. The zero-order valence-corrected chi connectivity index (χ0v) is 5.39. The number of dihydropyridines is 1. The van der Waals surface area contributed by atoms with E-state index in [-0.39, 0.29) is 5.41 Å². The van der Waals surface area contributed by atoms with Crippen LogP contribution in [0.15, 0.2) is 17.1 Å². The average molecular weight is 109 g/mol. The smallest absolute Gasteiger partial charge is 0.0567 e. The van der Waals surface area contributed by atoms with Crippen LogP contribution in [-0.2, 0) is 0 Å². The van der Waals surface area contributed by atoms with Crippen LogP contribution in [0.2, 0.25) is 0 Å². The van der Waals surface area contributed by atoms with E-state index < -0.39 is 0 Å². The van der Waals surface area contributed by atoms with Gasteiger partial charge in [-0.05, 0) is 0 Å². The van der Waals surface area contributed by atoms with E-state index in [9.17, 15) is 0 Å². The maximum Gasteiger partial charge on any atom is 0.0567 e. The molecular formula is C7H11N. The third-order valence-corrected chi connectivity index (χ3v) is 1.18. The van der Waals surface area contributed by atoms with Crippen LogP contribution in [-0.4, -0.2) is 12.8 Å². The molecule has 0 aromatic rings. The first-order valence-electron chi connectivity index (χ1n) is 2.89. The second-order valence-electron chi connectivity index (χ2n) is 2.72. The summed E-state index contributed by atoms with van der Waals surface area (Å²) < 4.78 is 0. The standard InChI is InChI=1S/C7H11N/c1-7(2)4-3-5-8-6-7/h3-4,6H,5H2,1-2H3. The number of allylic oxidation sites excluding steroid dienone is 1. The van der Waals surface area contributed by atoms with Crippen molar-refractivity contribution in [3.8, 4) is 0 Å². The van der Waals surface area contributed by atoms with Crippen molar-refractivity contribution in [2.75, 3.05) is 6.54 Å². The molecule has 1 aliphatic rings. The normalized spacial score (nSPS) is 23.8. The first-order valence-corrected chi connectivity index (χ1v) is 2.89. The molecule has 1 nitrogen and oxygen atoms in total. The third-order valence-electron chi connectivity index (χ3n) is 1.18. The number of nitrogens with zero attached hydrogens (tertiary/aromatic N) is 1. The zero-order valence-electron chi connectivity index (χ0n) is 5.39. The summed E-state index contributed by atoms with van der Waals surface area (Å²) in [4.78, 5) is 4.12. The van der Waals surface area contributed by atoms with Crippen LogP contribution in [0.25, 0.3) is 0 Å². The van der Waals surface area contributed by atoms with Crippen LogP contribution in [0.3, 0.4) is 0 Å². The van der Waals surface area contributed by atoms with Crippen LogP contribution >= 0.6 is 0 Å². The van der Waals surface area contributed by atoms with E-state index in [2.05, 4.69) is 31.0 Å². The summed E-state index contributed by atoms with van der Waals surface area (Å²) in [6.45, 7) is 5.15. The minimum Gasteiger partial charge on any atom is -0.293 e. The van der Waals surface area contributed by atoms with E-state index in [0.29, 0.717) is 0 Å². The van der Waals surface area contributed by atoms with Crippen molar-refractivity contribution < 1.29 is 0 Å². The lowest BCUT2D eigenvalue weighted by molar-refractivity contribution is 0.680. The number of hydrogen-bond acceptors (Lipinski definition) is 1. The lowest BCUT2D eigenvalue weighted by Crippen LogP contribution is -2.11. The van der Waals surface area contributed by atoms with Gasteiger partial charge in [-0.1, -0.05) is 26.0 Å². The first kappa shape index (κ1) is 5.54. The molecule has 1 rings (SSSR count). The van der Waals surface area contributed by atoms with Gasteiger partial charge in [-0.3, -0.25) is 4.99 Å². The summed E-state index contributed by atoms with van der Waals surface area (Å²) in [5.41, 5.74) is 0.207. The first-order chi connectivity index (χ1) is 3.71. The average Bonchev–Trinajstić information content (AvgIpc) is 1.65. The fourth-order valence-electron chi connectivity index (χ4n) is 0.748. The molecule has 1 heterocycles. The van der Waals surface area contributed by atoms with Crippen LogP contribution in [0.4, 0.5) is 0 Å². The van der Waals surface area contributed by atoms with Gasteiger partial charge in [-0.2, -0.15) is 0 Å². The van der Waals surface area contributed by atoms with Crippen molar-refractivity contribution in [1.82, 2.24) is 0 Å². The fraction of sp³-hybridized carbons (Fsp3) is 0.571. The van der Waals surface area contributed by atoms with E-state index in [1.54, 1.807) is 0 Å². The summed E-state index contributed by atoms with van der Waals surface area (Å²) in [6, 6.07) is 0. The van der Waals surface area contributed by atoms with Crippen molar-refractivity contribution in [2.45, 2.75) is 13.8 Å². The van der Waals surface area contributed by atoms with Gasteiger partial charge < -0.3 is 0 Å². The minimum absolute atomic E-state index is 0.207. The minimum atomic E-state index is 0.207. The molecule has 0 aromatic carbocycles. The number of hydrogen-bond donors (Lipinski definition) is 0. The fourth-order valence-corrected chi connectivity index (χ4v) is 0.748. The quantitative estimate of drug-likeness (QED) is 0.419. The Bertz CT molecular complexity index is 117. The summed E-state index contributed by atoms with van der Waals surface area (Å²) in [7, 11) is 0. The predicted molar refractivity (Wildman–Crippen MR) is 36.3 cm³/mol. The van der Waals surface area contributed by atoms with Crippen molar-refractivity contribution in [1.29, 1.82) is 0 Å². The van der Waals surface area contributed by atoms with Crippen LogP contribution in [0.5, 0.6) is 0 Å². The molecule has 1 heteroatoms. The molecule has 0 atom stereocenters. The maximum atomic E-state index is 4.12. The molecule has 0 saturated carbocycles. The molecule has 0 amide bonds. The molecule has 0 N–H and O–H groups in total. The Balaban J connectivity index is 2.69. The Morgan fingerprint density at radius 1 is 1.50 bits per heavy atom. The molecule has 0 aromatic heterocycles. The molecule has 1 aliphatic heterocycles. The molecule has 0 saturated heterocycles. The van der Waals surface area contributed by atoms with Gasteiger partial charge in [-0.25, -0.2) is 0 Å². The summed E-state index contributed by atoms with van der Waals surface area (Å²) in [6.07, 6.45) is 6.27. The van der Waals surface area contributed by atoms with Gasteiger partial charge in [0.1, 0.15) is 0 Å². The highest BCUT2D eigenvalue weighted by molar-refractivity contribution is 5.68. The summed E-state index contributed by atoms with van der Waals surface area (Å²) >= 11 is 0. The molecule has 8 heavy (non-hydrogen) atoms. The molecule has 0 fully saturated rings. The number of rotatable bonds is 0. The molecule has 0 radical (unpaired) electrons. The predicted octanol–water partition coefficient (Wildman–Crippen LogP) is 1.65. The molecule has 0 unspecified atom stereocenters. The van der Waals surface area contributed by atoms with Crippen LogP contribution < -0.4 is 0 Å².